The molecule has 5 heteroatoms. The van der Waals surface area contributed by atoms with Crippen molar-refractivity contribution in [1.82, 2.24) is 0 Å². The molecule has 34 valence electrons. The molecule has 0 amide bonds. The summed E-state index contributed by atoms with van der Waals surface area (Å²) in [6, 6.07) is 0. The Bertz CT molecular complexity index is 9.61. The normalized spacial score (nSPS) is 10.8. The molecule has 2 atom stereocenters. The van der Waals surface area contributed by atoms with Crippen molar-refractivity contribution >= 4 is 16.8 Å². The third-order valence-electron chi connectivity index (χ3n) is 0.0833. The first-order chi connectivity index (χ1) is 1.91. The first kappa shape index (κ1) is 9.64. The Balaban J connectivity index is 0. The Kier molecular flexibility index (Phi) is 17.4. The topological polar surface area (TPSA) is 52.0 Å². The quantitative estimate of drug-likeness (QED) is 0.459. The Morgan fingerprint density at radius 3 is 1.20 bits per heavy atom. The Labute approximate surface area is 47.8 Å². The van der Waals surface area contributed by atoms with Gasteiger partial charge in [0, 0.05) is 19.5 Å². The van der Waals surface area contributed by atoms with Gasteiger partial charge in [0.15, 0.2) is 0 Å². The van der Waals surface area contributed by atoms with Gasteiger partial charge in [0.25, 0.3) is 0 Å². The van der Waals surface area contributed by atoms with Crippen LogP contribution in [0.1, 0.15) is 0 Å². The van der Waals surface area contributed by atoms with Gasteiger partial charge in [0.05, 0.1) is 0 Å². The molecule has 4 N–H and O–H groups in total. The van der Waals surface area contributed by atoms with Crippen molar-refractivity contribution in [3.05, 3.63) is 0 Å². The van der Waals surface area contributed by atoms with Crippen molar-refractivity contribution in [3.63, 3.8) is 0 Å². The van der Waals surface area contributed by atoms with Crippen molar-refractivity contribution in [2.75, 3.05) is 0 Å². The Morgan fingerprint density at radius 1 is 1.00 bits per heavy atom. The zero-order chi connectivity index (χ0) is 3.41. The molecule has 2 unspecified atom stereocenters. The van der Waals surface area contributed by atoms with Gasteiger partial charge in [-0.05, 0) is 16.8 Å². The van der Waals surface area contributed by atoms with Gasteiger partial charge in [-0.25, -0.2) is 0 Å². The van der Waals surface area contributed by atoms with E-state index in [9.17, 15) is 0 Å². The van der Waals surface area contributed by atoms with E-state index in [0.29, 0.717) is 16.8 Å². The maximum Gasteiger partial charge on any atom is 0 e. The van der Waals surface area contributed by atoms with Crippen molar-refractivity contribution in [2.24, 2.45) is 11.0 Å². The van der Waals surface area contributed by atoms with Crippen molar-refractivity contribution in [3.8, 4) is 0 Å². The maximum absolute atomic E-state index is 4.94. The number of rotatable bonds is 1. The third kappa shape index (κ3) is 10.8. The van der Waals surface area contributed by atoms with Crippen LogP contribution in [0.4, 0.5) is 0 Å². The van der Waals surface area contributed by atoms with E-state index in [0.717, 1.165) is 0 Å². The monoisotopic (exact) mass is 198 g/mol. The molecule has 0 fully saturated rings. The largest absolute Gasteiger partial charge is 0.308 e. The van der Waals surface area contributed by atoms with Crippen molar-refractivity contribution in [2.45, 2.75) is 0 Å². The molecule has 2 nitrogen and oxygen atoms in total. The molecule has 0 saturated heterocycles. The summed E-state index contributed by atoms with van der Waals surface area (Å²) in [6.45, 7) is 0. The van der Waals surface area contributed by atoms with Crippen LogP contribution in [-0.4, -0.2) is 0 Å². The van der Waals surface area contributed by atoms with Gasteiger partial charge in [-0.3, -0.25) is 0 Å². The summed E-state index contributed by atoms with van der Waals surface area (Å²) in [4.78, 5) is 0. The third-order valence-corrected chi connectivity index (χ3v) is 0.750. The van der Waals surface area contributed by atoms with Crippen LogP contribution in [-0.2, 0) is 19.5 Å². The fraction of sp³-hybridized carbons (Fsp3) is 0. The summed E-state index contributed by atoms with van der Waals surface area (Å²) in [5.41, 5.74) is 9.89. The van der Waals surface area contributed by atoms with Crippen LogP contribution in [0, 0.1) is 0 Å². The van der Waals surface area contributed by atoms with E-state index in [1.54, 1.807) is 0 Å². The molecule has 0 aliphatic carbocycles. The molecular weight excluding hydrogens is 191 g/mol. The van der Waals surface area contributed by atoms with E-state index >= 15 is 0 Å². The minimum Gasteiger partial charge on any atom is -0.308 e. The van der Waals surface area contributed by atoms with Gasteiger partial charge in [-0.1, -0.05) is 0 Å². The first-order valence-corrected chi connectivity index (χ1v) is 3.98. The molecule has 0 heterocycles. The van der Waals surface area contributed by atoms with Crippen LogP contribution in [0.2, 0.25) is 0 Å². The van der Waals surface area contributed by atoms with Crippen molar-refractivity contribution < 1.29 is 19.5 Å². The van der Waals surface area contributed by atoms with Crippen LogP contribution in [0.15, 0.2) is 0 Å². The van der Waals surface area contributed by atoms with E-state index in [4.69, 9.17) is 11.0 Å². The number of nitrogens with two attached hydrogens (primary N) is 2. The summed E-state index contributed by atoms with van der Waals surface area (Å²) >= 11 is 0. The van der Waals surface area contributed by atoms with Gasteiger partial charge in [0.1, 0.15) is 0 Å². The molecule has 0 aliphatic heterocycles. The number of hydrogen-bond acceptors (Lipinski definition) is 2. The second-order valence-corrected chi connectivity index (χ2v) is 2.60. The standard InChI is InChI=1S/H6N2P2.Ru/c1-3-4-2;/h3-4H,1-2H2;. The second kappa shape index (κ2) is 9.05. The molecule has 0 aromatic rings. The van der Waals surface area contributed by atoms with Crippen LogP contribution in [0.25, 0.3) is 0 Å². The summed E-state index contributed by atoms with van der Waals surface area (Å²) in [7, 11) is 0.892. The fourth-order valence-corrected chi connectivity index (χ4v) is 0. The van der Waals surface area contributed by atoms with E-state index < -0.39 is 0 Å². The zero-order valence-electron chi connectivity index (χ0n) is 2.51. The summed E-state index contributed by atoms with van der Waals surface area (Å²) < 4.78 is 0. The first-order valence-electron chi connectivity index (χ1n) is 0.827. The molecule has 0 aromatic heterocycles. The molecule has 0 spiro atoms. The molecule has 0 bridgehead atoms. The average molecular weight is 197 g/mol. The van der Waals surface area contributed by atoms with Crippen molar-refractivity contribution in [1.29, 1.82) is 0 Å². The van der Waals surface area contributed by atoms with Gasteiger partial charge < -0.3 is 11.0 Å². The van der Waals surface area contributed by atoms with Crippen LogP contribution in [0.5, 0.6) is 0 Å². The molecule has 0 radical (unpaired) electrons. The van der Waals surface area contributed by atoms with Crippen LogP contribution < -0.4 is 11.0 Å². The molecule has 0 saturated carbocycles. The summed E-state index contributed by atoms with van der Waals surface area (Å²) in [5, 5.41) is 0. The predicted molar refractivity (Wildman–Crippen MR) is 25.0 cm³/mol. The molecular formula is H6N2P2Ru. The van der Waals surface area contributed by atoms with E-state index in [1.807, 2.05) is 0 Å². The van der Waals surface area contributed by atoms with E-state index in [1.165, 1.54) is 0 Å². The molecule has 0 aromatic carbocycles. The van der Waals surface area contributed by atoms with Gasteiger partial charge in [-0.2, -0.15) is 0 Å². The van der Waals surface area contributed by atoms with Gasteiger partial charge in [-0.15, -0.1) is 0 Å². The Morgan fingerprint density at radius 2 is 1.20 bits per heavy atom. The molecule has 5 heavy (non-hydrogen) atoms. The maximum atomic E-state index is 4.94. The average Bonchev–Trinajstić information content (AvgIpc) is 1.37. The smallest absolute Gasteiger partial charge is 0 e. The van der Waals surface area contributed by atoms with E-state index in [2.05, 4.69) is 0 Å². The van der Waals surface area contributed by atoms with Crippen LogP contribution in [0.3, 0.4) is 0 Å². The summed E-state index contributed by atoms with van der Waals surface area (Å²) in [6.07, 6.45) is 0. The Hall–Kier alpha value is 1.40. The van der Waals surface area contributed by atoms with Crippen LogP contribution >= 0.6 is 16.8 Å². The zero-order valence-corrected chi connectivity index (χ0v) is 6.25. The van der Waals surface area contributed by atoms with Gasteiger partial charge >= 0.3 is 0 Å². The predicted octanol–water partition coefficient (Wildman–Crippen LogP) is 0.00330. The SMILES string of the molecule is NPPN.[Ru]. The van der Waals surface area contributed by atoms with E-state index in [-0.39, 0.29) is 19.5 Å². The fourth-order valence-electron chi connectivity index (χ4n) is 0. The molecule has 0 rings (SSSR count). The number of hydrogen-bond donors (Lipinski definition) is 2. The summed E-state index contributed by atoms with van der Waals surface area (Å²) in [5.74, 6) is 0. The molecule has 0 aliphatic rings. The minimum atomic E-state index is 0. The minimum absolute atomic E-state index is 0. The second-order valence-electron chi connectivity index (χ2n) is 0.289. The van der Waals surface area contributed by atoms with Gasteiger partial charge in [0.2, 0.25) is 0 Å².